The highest BCUT2D eigenvalue weighted by Crippen LogP contribution is 2.21. The fourth-order valence-electron chi connectivity index (χ4n) is 4.99. The molecule has 0 radical (unpaired) electrons. The molecule has 204 valence electrons. The van der Waals surface area contributed by atoms with Crippen LogP contribution in [0.3, 0.4) is 0 Å². The molecule has 2 atom stereocenters. The standard InChI is InChI=1S/C14H22BNO4S.C11H20BN3O/c1-12-5-7-14(8-6-12)21(18,19)20-11-13-4-3-9-16(10-13)15(2)17;1-10-13-5-7-14(10)8-11-4-3-6-15(9-11)12(2)16/h5-8,13,17H,3-4,9-11H2,1-2H3;5,7,11,16H,3-4,6,8-9H2,1-2H3/t13-;11-/m01/s1. The lowest BCUT2D eigenvalue weighted by Gasteiger charge is -2.33. The van der Waals surface area contributed by atoms with Crippen molar-refractivity contribution in [3.05, 3.63) is 48.0 Å². The molecule has 2 aliphatic heterocycles. The molecule has 0 bridgehead atoms. The molecule has 1 aromatic carbocycles. The summed E-state index contributed by atoms with van der Waals surface area (Å²) in [5.41, 5.74) is 1.01. The quantitative estimate of drug-likeness (QED) is 0.395. The first kappa shape index (κ1) is 29.9. The molecular weight excluding hydrogens is 490 g/mol. The van der Waals surface area contributed by atoms with Crippen LogP contribution in [0.1, 0.15) is 37.1 Å². The number of aryl methyl sites for hydroxylation is 2. The number of aromatic nitrogens is 2. The molecule has 2 saturated heterocycles. The molecule has 12 heteroatoms. The monoisotopic (exact) mass is 532 g/mol. The van der Waals surface area contributed by atoms with E-state index in [4.69, 9.17) is 4.18 Å². The largest absolute Gasteiger partial charge is 0.437 e. The van der Waals surface area contributed by atoms with Crippen LogP contribution >= 0.6 is 0 Å². The summed E-state index contributed by atoms with van der Waals surface area (Å²) < 4.78 is 31.6. The van der Waals surface area contributed by atoms with Gasteiger partial charge in [-0.2, -0.15) is 8.42 Å². The van der Waals surface area contributed by atoms with Crippen molar-refractivity contribution in [2.24, 2.45) is 11.8 Å². The van der Waals surface area contributed by atoms with Crippen LogP contribution in [-0.4, -0.2) is 84.5 Å². The van der Waals surface area contributed by atoms with Crippen LogP contribution < -0.4 is 0 Å². The highest BCUT2D eigenvalue weighted by Gasteiger charge is 2.27. The van der Waals surface area contributed by atoms with Gasteiger partial charge in [0.15, 0.2) is 0 Å². The van der Waals surface area contributed by atoms with Gasteiger partial charge in [-0.1, -0.05) is 17.7 Å². The maximum atomic E-state index is 12.1. The summed E-state index contributed by atoms with van der Waals surface area (Å²) in [5, 5.41) is 19.2. The van der Waals surface area contributed by atoms with Crippen LogP contribution in [-0.2, 0) is 20.8 Å². The first-order valence-electron chi connectivity index (χ1n) is 13.3. The number of hydrogen-bond donors (Lipinski definition) is 2. The van der Waals surface area contributed by atoms with Crippen molar-refractivity contribution >= 4 is 24.2 Å². The highest BCUT2D eigenvalue weighted by atomic mass is 32.2. The Kier molecular flexibility index (Phi) is 11.2. The molecule has 4 rings (SSSR count). The van der Waals surface area contributed by atoms with Crippen LogP contribution in [0.25, 0.3) is 0 Å². The van der Waals surface area contributed by atoms with Crippen molar-refractivity contribution < 1.29 is 22.6 Å². The van der Waals surface area contributed by atoms with E-state index in [1.165, 1.54) is 12.8 Å². The third-order valence-corrected chi connectivity index (χ3v) is 8.60. The maximum absolute atomic E-state index is 12.1. The first-order chi connectivity index (χ1) is 17.5. The lowest BCUT2D eigenvalue weighted by molar-refractivity contribution is 0.174. The van der Waals surface area contributed by atoms with E-state index in [1.807, 2.05) is 37.9 Å². The number of benzene rings is 1. The molecule has 3 heterocycles. The molecular formula is C25H42B2N4O5S. The van der Waals surface area contributed by atoms with Gasteiger partial charge in [-0.05, 0) is 103 Å². The van der Waals surface area contributed by atoms with Crippen LogP contribution in [0.15, 0.2) is 41.6 Å². The Hall–Kier alpha value is -1.69. The minimum atomic E-state index is -3.70. The van der Waals surface area contributed by atoms with E-state index in [2.05, 4.69) is 14.4 Å². The molecule has 0 aliphatic carbocycles. The average molecular weight is 532 g/mol. The van der Waals surface area contributed by atoms with E-state index in [0.29, 0.717) is 12.5 Å². The Morgan fingerprint density at radius 1 is 0.973 bits per heavy atom. The predicted octanol–water partition coefficient (Wildman–Crippen LogP) is 2.54. The van der Waals surface area contributed by atoms with Crippen molar-refractivity contribution in [1.82, 2.24) is 19.2 Å². The SMILES string of the molecule is CB(O)N1CCC[C@H](COS(=O)(=O)c2ccc(C)cc2)C1.CB(O)N1CCC[C@H](Cn2ccnc2C)C1. The Morgan fingerprint density at radius 2 is 1.54 bits per heavy atom. The third kappa shape index (κ3) is 9.23. The molecule has 2 N–H and O–H groups in total. The molecule has 0 saturated carbocycles. The number of piperidine rings is 2. The number of imidazole rings is 1. The second kappa shape index (κ2) is 13.9. The van der Waals surface area contributed by atoms with Gasteiger partial charge in [0.1, 0.15) is 5.82 Å². The minimum absolute atomic E-state index is 0.133. The Bertz CT molecular complexity index is 1070. The third-order valence-electron chi connectivity index (χ3n) is 7.30. The second-order valence-corrected chi connectivity index (χ2v) is 12.1. The van der Waals surface area contributed by atoms with Gasteiger partial charge >= 0.3 is 14.1 Å². The van der Waals surface area contributed by atoms with Crippen LogP contribution in [0.2, 0.25) is 13.6 Å². The molecule has 0 unspecified atom stereocenters. The second-order valence-electron chi connectivity index (χ2n) is 10.4. The smallest absolute Gasteiger partial charge is 0.376 e. The summed E-state index contributed by atoms with van der Waals surface area (Å²) >= 11 is 0. The summed E-state index contributed by atoms with van der Waals surface area (Å²) in [6.07, 6.45) is 8.20. The molecule has 0 spiro atoms. The van der Waals surface area contributed by atoms with E-state index in [9.17, 15) is 18.5 Å². The van der Waals surface area contributed by atoms with Gasteiger partial charge in [-0.15, -0.1) is 0 Å². The van der Waals surface area contributed by atoms with Crippen molar-refractivity contribution in [3.63, 3.8) is 0 Å². The maximum Gasteiger partial charge on any atom is 0.376 e. The lowest BCUT2D eigenvalue weighted by atomic mass is 9.80. The van der Waals surface area contributed by atoms with E-state index in [1.54, 1.807) is 31.1 Å². The molecule has 9 nitrogen and oxygen atoms in total. The summed E-state index contributed by atoms with van der Waals surface area (Å²) in [5.74, 6) is 1.85. The fraction of sp³-hybridized carbons (Fsp3) is 0.640. The molecule has 2 fully saturated rings. The normalized spacial score (nSPS) is 21.2. The zero-order valence-corrected chi connectivity index (χ0v) is 23.5. The first-order valence-corrected chi connectivity index (χ1v) is 14.7. The Balaban J connectivity index is 0.000000213. The summed E-state index contributed by atoms with van der Waals surface area (Å²) in [6, 6.07) is 6.64. The molecule has 37 heavy (non-hydrogen) atoms. The zero-order valence-electron chi connectivity index (χ0n) is 22.7. The number of nitrogens with zero attached hydrogens (tertiary/aromatic N) is 4. The van der Waals surface area contributed by atoms with Gasteiger partial charge < -0.3 is 24.2 Å². The van der Waals surface area contributed by atoms with E-state index in [0.717, 1.165) is 50.4 Å². The summed E-state index contributed by atoms with van der Waals surface area (Å²) in [6.45, 7) is 12.2. The van der Waals surface area contributed by atoms with Gasteiger partial charge in [0.25, 0.3) is 10.1 Å². The fourth-order valence-corrected chi connectivity index (χ4v) is 5.97. The van der Waals surface area contributed by atoms with Crippen molar-refractivity contribution in [3.8, 4) is 0 Å². The van der Waals surface area contributed by atoms with E-state index < -0.39 is 17.2 Å². The lowest BCUT2D eigenvalue weighted by Crippen LogP contribution is -2.45. The van der Waals surface area contributed by atoms with Crippen LogP contribution in [0, 0.1) is 25.7 Å². The molecule has 1 aromatic heterocycles. The molecule has 2 aliphatic rings. The average Bonchev–Trinajstić information content (AvgIpc) is 3.28. The topological polar surface area (TPSA) is 108 Å². The van der Waals surface area contributed by atoms with Crippen LogP contribution in [0.5, 0.6) is 0 Å². The Morgan fingerprint density at radius 3 is 2.08 bits per heavy atom. The highest BCUT2D eigenvalue weighted by molar-refractivity contribution is 7.86. The summed E-state index contributed by atoms with van der Waals surface area (Å²) in [4.78, 5) is 8.52. The van der Waals surface area contributed by atoms with Crippen molar-refractivity contribution in [1.29, 1.82) is 0 Å². The van der Waals surface area contributed by atoms with Crippen molar-refractivity contribution in [2.75, 3.05) is 32.8 Å². The minimum Gasteiger partial charge on any atom is -0.437 e. The van der Waals surface area contributed by atoms with Crippen molar-refractivity contribution in [2.45, 2.75) is 64.6 Å². The van der Waals surface area contributed by atoms with Gasteiger partial charge in [0, 0.05) is 18.9 Å². The van der Waals surface area contributed by atoms with E-state index in [-0.39, 0.29) is 24.5 Å². The van der Waals surface area contributed by atoms with Gasteiger partial charge in [-0.3, -0.25) is 4.18 Å². The molecule has 2 aromatic rings. The number of hydrogen-bond acceptors (Lipinski definition) is 8. The Labute approximate surface area is 223 Å². The predicted molar refractivity (Wildman–Crippen MR) is 148 cm³/mol. The van der Waals surface area contributed by atoms with Crippen LogP contribution in [0.4, 0.5) is 0 Å². The van der Waals surface area contributed by atoms with Gasteiger partial charge in [0.2, 0.25) is 0 Å². The zero-order chi connectivity index (χ0) is 27.0. The number of rotatable bonds is 8. The van der Waals surface area contributed by atoms with Gasteiger partial charge in [-0.25, -0.2) is 4.98 Å². The van der Waals surface area contributed by atoms with Gasteiger partial charge in [0.05, 0.1) is 11.5 Å². The summed E-state index contributed by atoms with van der Waals surface area (Å²) in [7, 11) is -4.51. The molecule has 0 amide bonds. The van der Waals surface area contributed by atoms with E-state index >= 15 is 0 Å².